The first kappa shape index (κ1) is 32.8. The molecule has 1 aromatic heterocycles. The topological polar surface area (TPSA) is 63.9 Å². The Morgan fingerprint density at radius 2 is 1.58 bits per heavy atom. The molecule has 2 aromatic carbocycles. The van der Waals surface area contributed by atoms with Gasteiger partial charge in [0.15, 0.2) is 5.78 Å². The number of allylic oxidation sites excluding steroid dienone is 3. The van der Waals surface area contributed by atoms with Crippen molar-refractivity contribution in [1.29, 1.82) is 0 Å². The van der Waals surface area contributed by atoms with E-state index in [1.165, 1.54) is 6.92 Å². The van der Waals surface area contributed by atoms with Crippen LogP contribution in [0.4, 0.5) is 0 Å². The van der Waals surface area contributed by atoms with Crippen molar-refractivity contribution in [3.63, 3.8) is 0 Å². The summed E-state index contributed by atoms with van der Waals surface area (Å²) in [6.07, 6.45) is 8.70. The molecule has 1 heterocycles. The minimum Gasteiger partial charge on any atom is -0.377 e. The van der Waals surface area contributed by atoms with Crippen LogP contribution >= 0.6 is 0 Å². The monoisotopic (exact) mass is 577 g/mol. The van der Waals surface area contributed by atoms with Gasteiger partial charge < -0.3 is 14.3 Å². The number of Topliss-reactive ketones (excluding diaryl/α,β-unsaturated/α-hetero) is 1. The van der Waals surface area contributed by atoms with Gasteiger partial charge in [-0.2, -0.15) is 0 Å². The number of oxime groups is 1. The van der Waals surface area contributed by atoms with E-state index in [0.29, 0.717) is 17.7 Å². The molecule has 0 bridgehead atoms. The average Bonchev–Trinajstić information content (AvgIpc) is 3.16. The highest BCUT2D eigenvalue weighted by molar-refractivity contribution is 6.24. The van der Waals surface area contributed by atoms with Gasteiger partial charge in [-0.05, 0) is 87.5 Å². The minimum atomic E-state index is -0.467. The van der Waals surface area contributed by atoms with Gasteiger partial charge in [-0.3, -0.25) is 4.79 Å². The highest BCUT2D eigenvalue weighted by atomic mass is 16.7. The molecule has 1 aliphatic rings. The van der Waals surface area contributed by atoms with Crippen molar-refractivity contribution in [3.05, 3.63) is 118 Å². The van der Waals surface area contributed by atoms with Crippen molar-refractivity contribution >= 4 is 39.6 Å². The number of aryl methyl sites for hydroxylation is 2. The van der Waals surface area contributed by atoms with Gasteiger partial charge in [0.25, 0.3) is 0 Å². The van der Waals surface area contributed by atoms with E-state index in [0.717, 1.165) is 50.4 Å². The third-order valence-corrected chi connectivity index (χ3v) is 7.21. The predicted molar refractivity (Wildman–Crippen MR) is 179 cm³/mol. The molecule has 6 nitrogen and oxygen atoms in total. The Kier molecular flexibility index (Phi) is 11.8. The SMILES string of the molecule is C/C=C\C.CCn1c(C)ccc(C(=O)C2=c3ccccc3=C(N(C)C)C=CC2)ccc2cc(/C(C)=N/OC(C)=O)ccc21. The number of hydrogen-bond acceptors (Lipinski definition) is 5. The van der Waals surface area contributed by atoms with Crippen molar-refractivity contribution in [3.8, 4) is 0 Å². The molecule has 4 rings (SSSR count). The number of aromatic nitrogens is 1. The lowest BCUT2D eigenvalue weighted by atomic mass is 9.98. The molecule has 0 radical (unpaired) electrons. The second kappa shape index (κ2) is 15.5. The number of carbonyl (C=O) groups excluding carboxylic acids is 2. The van der Waals surface area contributed by atoms with Gasteiger partial charge in [0.2, 0.25) is 0 Å². The highest BCUT2D eigenvalue weighted by Crippen LogP contribution is 2.20. The minimum absolute atomic E-state index is 0.00246. The fourth-order valence-corrected chi connectivity index (χ4v) is 4.88. The maximum Gasteiger partial charge on any atom is 0.331 e. The summed E-state index contributed by atoms with van der Waals surface area (Å²) >= 11 is 0. The fourth-order valence-electron chi connectivity index (χ4n) is 4.88. The van der Waals surface area contributed by atoms with Crippen LogP contribution in [0.15, 0.2) is 96.2 Å². The van der Waals surface area contributed by atoms with E-state index >= 15 is 0 Å². The number of ketones is 1. The van der Waals surface area contributed by atoms with Gasteiger partial charge in [0, 0.05) is 60.8 Å². The van der Waals surface area contributed by atoms with Crippen LogP contribution < -0.4 is 10.4 Å². The van der Waals surface area contributed by atoms with Crippen molar-refractivity contribution < 1.29 is 14.4 Å². The van der Waals surface area contributed by atoms with Crippen LogP contribution in [-0.4, -0.2) is 41.0 Å². The molecule has 0 aliphatic heterocycles. The molecule has 0 unspecified atom stereocenters. The Morgan fingerprint density at radius 3 is 2.21 bits per heavy atom. The highest BCUT2D eigenvalue weighted by Gasteiger charge is 2.15. The molecule has 0 saturated heterocycles. The third kappa shape index (κ3) is 8.19. The number of rotatable bonds is 6. The van der Waals surface area contributed by atoms with E-state index in [2.05, 4.69) is 39.8 Å². The van der Waals surface area contributed by atoms with E-state index in [9.17, 15) is 9.59 Å². The van der Waals surface area contributed by atoms with Crippen LogP contribution in [0.5, 0.6) is 0 Å². The fraction of sp³-hybridized carbons (Fsp3) is 0.270. The van der Waals surface area contributed by atoms with Crippen LogP contribution in [0.3, 0.4) is 0 Å². The Hall–Kier alpha value is -4.71. The molecule has 0 N–H and O–H groups in total. The largest absolute Gasteiger partial charge is 0.377 e. The molecule has 3 aromatic rings. The molecular formula is C37H43N3O3. The third-order valence-electron chi connectivity index (χ3n) is 7.21. The number of benzene rings is 2. The Morgan fingerprint density at radius 1 is 0.930 bits per heavy atom. The Balaban J connectivity index is 0.00000119. The van der Waals surface area contributed by atoms with Crippen LogP contribution in [0.2, 0.25) is 0 Å². The van der Waals surface area contributed by atoms with Gasteiger partial charge in [-0.25, -0.2) is 4.79 Å². The summed E-state index contributed by atoms with van der Waals surface area (Å²) in [5.41, 5.74) is 5.93. The molecule has 0 atom stereocenters. The summed E-state index contributed by atoms with van der Waals surface area (Å²) in [6, 6.07) is 21.9. The number of likely N-dealkylation sites (N-methyl/N-ethyl adjacent to an activating group) is 1. The molecule has 0 amide bonds. The van der Waals surface area contributed by atoms with Crippen LogP contribution in [0.25, 0.3) is 22.2 Å². The molecule has 0 saturated carbocycles. The summed E-state index contributed by atoms with van der Waals surface area (Å²) in [5.74, 6) is -0.464. The van der Waals surface area contributed by atoms with Gasteiger partial charge in [-0.1, -0.05) is 65.8 Å². The summed E-state index contributed by atoms with van der Waals surface area (Å²) in [6.45, 7) is 12.0. The standard InChI is InChI=1S/C33H35N3O3.C4H8/c1-7-36-22(2)15-16-25(17-18-27-21-26(19-20-31(27)36)23(3)34-39-24(4)37)33(38)30-13-10-14-32(35(5)6)29-12-9-8-11-28(29)30;1-3-4-2/h8-12,14-21H,7,13H2,1-6H3;3-4H,1-2H3/b18-17?,22-15?,25-16?,34-23+;4-3-. The van der Waals surface area contributed by atoms with Crippen molar-refractivity contribution in [2.75, 3.05) is 14.1 Å². The number of hydrogen-bond donors (Lipinski definition) is 0. The Bertz CT molecular complexity index is 1770. The van der Waals surface area contributed by atoms with E-state index < -0.39 is 5.97 Å². The molecule has 0 spiro atoms. The smallest absolute Gasteiger partial charge is 0.331 e. The zero-order valence-electron chi connectivity index (χ0n) is 26.6. The van der Waals surface area contributed by atoms with Crippen molar-refractivity contribution in [1.82, 2.24) is 9.47 Å². The lowest BCUT2D eigenvalue weighted by Crippen LogP contribution is -2.33. The van der Waals surface area contributed by atoms with E-state index in [1.54, 1.807) is 6.92 Å². The van der Waals surface area contributed by atoms with Crippen molar-refractivity contribution in [2.45, 2.75) is 54.5 Å². The van der Waals surface area contributed by atoms with E-state index in [-0.39, 0.29) is 5.78 Å². The van der Waals surface area contributed by atoms with Crippen LogP contribution in [0, 0.1) is 6.92 Å². The first-order chi connectivity index (χ1) is 20.6. The lowest BCUT2D eigenvalue weighted by molar-refractivity contribution is -0.140. The number of fused-ring (bicyclic) bond motifs is 2. The first-order valence-electron chi connectivity index (χ1n) is 14.6. The summed E-state index contributed by atoms with van der Waals surface area (Å²) in [4.78, 5) is 32.2. The summed E-state index contributed by atoms with van der Waals surface area (Å²) < 4.78 is 2.21. The maximum atomic E-state index is 14.1. The summed E-state index contributed by atoms with van der Waals surface area (Å²) in [7, 11) is 4.04. The predicted octanol–water partition coefficient (Wildman–Crippen LogP) is 6.63. The zero-order valence-corrected chi connectivity index (χ0v) is 26.6. The molecule has 43 heavy (non-hydrogen) atoms. The van der Waals surface area contributed by atoms with Crippen molar-refractivity contribution in [2.24, 2.45) is 5.16 Å². The van der Waals surface area contributed by atoms with Crippen LogP contribution in [-0.2, 0) is 16.2 Å². The van der Waals surface area contributed by atoms with Gasteiger partial charge in [0.1, 0.15) is 0 Å². The second-order valence-electron chi connectivity index (χ2n) is 10.4. The van der Waals surface area contributed by atoms with Gasteiger partial charge >= 0.3 is 5.97 Å². The quantitative estimate of drug-likeness (QED) is 0.109. The molecule has 224 valence electrons. The maximum absolute atomic E-state index is 14.1. The Labute approximate surface area is 255 Å². The molecule has 6 heteroatoms. The van der Waals surface area contributed by atoms with E-state index in [1.807, 2.05) is 108 Å². The van der Waals surface area contributed by atoms with Gasteiger partial charge in [-0.15, -0.1) is 0 Å². The average molecular weight is 578 g/mol. The van der Waals surface area contributed by atoms with Crippen LogP contribution in [0.1, 0.15) is 62.7 Å². The second-order valence-corrected chi connectivity index (χ2v) is 10.4. The molecule has 1 aliphatic carbocycles. The lowest BCUT2D eigenvalue weighted by Gasteiger charge is -2.13. The zero-order chi connectivity index (χ0) is 31.5. The normalized spacial score (nSPS) is 12.7. The van der Waals surface area contributed by atoms with E-state index in [4.69, 9.17) is 4.84 Å². The number of carbonyl (C=O) groups is 2. The number of nitrogens with zero attached hydrogens (tertiary/aromatic N) is 3. The van der Waals surface area contributed by atoms with Gasteiger partial charge in [0.05, 0.1) is 5.71 Å². The summed E-state index contributed by atoms with van der Waals surface area (Å²) in [5, 5.41) is 6.90. The molecule has 0 fully saturated rings. The first-order valence-corrected chi connectivity index (χ1v) is 14.6. The molecular weight excluding hydrogens is 534 g/mol.